The van der Waals surface area contributed by atoms with E-state index < -0.39 is 6.03 Å². The zero-order valence-corrected chi connectivity index (χ0v) is 23.6. The molecule has 2 atom stereocenters. The van der Waals surface area contributed by atoms with E-state index in [-0.39, 0.29) is 23.9 Å². The van der Waals surface area contributed by atoms with Crippen molar-refractivity contribution in [1.82, 2.24) is 20.6 Å². The minimum absolute atomic E-state index is 0.0348. The number of pyridine rings is 2. The summed E-state index contributed by atoms with van der Waals surface area (Å²) < 4.78 is 5.89. The van der Waals surface area contributed by atoms with Crippen molar-refractivity contribution in [3.05, 3.63) is 65.3 Å². The number of aromatic nitrogens is 2. The molecule has 3 aromatic heterocycles. The van der Waals surface area contributed by atoms with Gasteiger partial charge in [-0.05, 0) is 44.0 Å². The molecule has 1 aliphatic heterocycles. The molecule has 1 fully saturated rings. The molecule has 3 N–H and O–H groups in total. The van der Waals surface area contributed by atoms with E-state index in [2.05, 4.69) is 25.9 Å². The molecule has 1 aromatic carbocycles. The number of anilines is 3. The summed E-state index contributed by atoms with van der Waals surface area (Å²) >= 11 is 1.24. The van der Waals surface area contributed by atoms with Crippen molar-refractivity contribution in [3.8, 4) is 11.6 Å². The summed E-state index contributed by atoms with van der Waals surface area (Å²) in [5.74, 6) is 0.707. The molecular weight excluding hydrogens is 540 g/mol. The molecule has 10 nitrogen and oxygen atoms in total. The van der Waals surface area contributed by atoms with Gasteiger partial charge in [-0.3, -0.25) is 14.5 Å². The number of carbonyl (C=O) groups is 3. The van der Waals surface area contributed by atoms with Crippen molar-refractivity contribution in [2.24, 2.45) is 0 Å². The predicted molar refractivity (Wildman–Crippen MR) is 158 cm³/mol. The molecule has 0 saturated heterocycles. The van der Waals surface area contributed by atoms with Gasteiger partial charge in [0.15, 0.2) is 0 Å². The summed E-state index contributed by atoms with van der Waals surface area (Å²) in [5.41, 5.74) is 2.15. The lowest BCUT2D eigenvalue weighted by Crippen LogP contribution is -2.53. The number of hydrogen-bond acceptors (Lipinski definition) is 7. The zero-order valence-electron chi connectivity index (χ0n) is 22.8. The third-order valence-electron chi connectivity index (χ3n) is 7.43. The van der Waals surface area contributed by atoms with Crippen molar-refractivity contribution in [2.45, 2.75) is 58.0 Å². The molecule has 0 radical (unpaired) electrons. The Morgan fingerprint density at radius 2 is 1.83 bits per heavy atom. The Kier molecular flexibility index (Phi) is 7.27. The Morgan fingerprint density at radius 1 is 1.07 bits per heavy atom. The van der Waals surface area contributed by atoms with Crippen LogP contribution < -0.4 is 25.6 Å². The second kappa shape index (κ2) is 11.2. The number of amides is 4. The molecule has 0 spiro atoms. The van der Waals surface area contributed by atoms with Gasteiger partial charge in [-0.2, -0.15) is 0 Å². The molecule has 0 unspecified atom stereocenters. The third-order valence-corrected chi connectivity index (χ3v) is 8.52. The first-order valence-electron chi connectivity index (χ1n) is 13.8. The number of urea groups is 1. The van der Waals surface area contributed by atoms with E-state index in [1.165, 1.54) is 16.2 Å². The number of nitrogens with one attached hydrogen (secondary N) is 3. The number of aryl methyl sites for hydroxylation is 1. The Balaban J connectivity index is 1.36. The van der Waals surface area contributed by atoms with E-state index in [1.54, 1.807) is 31.3 Å². The summed E-state index contributed by atoms with van der Waals surface area (Å²) in [5, 5.41) is 9.87. The fourth-order valence-corrected chi connectivity index (χ4v) is 6.49. The number of hydrogen-bond donors (Lipinski definition) is 3. The Morgan fingerprint density at radius 3 is 2.56 bits per heavy atom. The second-order valence-corrected chi connectivity index (χ2v) is 11.1. The van der Waals surface area contributed by atoms with E-state index in [9.17, 15) is 14.4 Å². The standard InChI is InChI=1S/C30H30N6O4S/c1-3-23(37)33-19-11-7-8-12-20(19)34-28(38)27-26-25-21(15-16-31-29(25)41-27)35-30(39)36(26)22-13-14-24(32-17(22)2)40-18-9-5-4-6-10-18/h4-6,9-10,13-16,19-20H,3,7-8,11-12H2,1-2H3,(H,33,37)(H,34,38)(H,35,39)/t19-,20-/m1/s1. The SMILES string of the molecule is CCC(=O)N[C@@H]1CCCC[C@H]1NC(=O)c1sc2nccc3c2c1N(c1ccc(Oc2ccccc2)nc1C)C(=O)N3. The van der Waals surface area contributed by atoms with Gasteiger partial charge in [-0.1, -0.05) is 38.0 Å². The maximum atomic E-state index is 13.9. The van der Waals surface area contributed by atoms with Crippen molar-refractivity contribution in [3.63, 3.8) is 0 Å². The number of carbonyl (C=O) groups excluding carboxylic acids is 3. The van der Waals surface area contributed by atoms with Crippen LogP contribution in [0.1, 0.15) is 54.4 Å². The second-order valence-electron chi connectivity index (χ2n) is 10.1. The molecule has 6 rings (SSSR count). The lowest BCUT2D eigenvalue weighted by molar-refractivity contribution is -0.121. The van der Waals surface area contributed by atoms with Crippen LogP contribution in [0.5, 0.6) is 11.6 Å². The van der Waals surface area contributed by atoms with Crippen molar-refractivity contribution < 1.29 is 19.1 Å². The minimum Gasteiger partial charge on any atom is -0.439 e. The number of ether oxygens (including phenoxy) is 1. The van der Waals surface area contributed by atoms with E-state index in [1.807, 2.05) is 37.3 Å². The highest BCUT2D eigenvalue weighted by molar-refractivity contribution is 7.21. The normalized spacial score (nSPS) is 18.1. The van der Waals surface area contributed by atoms with Crippen LogP contribution in [0.25, 0.3) is 10.2 Å². The topological polar surface area (TPSA) is 126 Å². The van der Waals surface area contributed by atoms with Gasteiger partial charge in [0.2, 0.25) is 11.8 Å². The number of thiophene rings is 1. The minimum atomic E-state index is -0.398. The molecule has 4 heterocycles. The first-order valence-corrected chi connectivity index (χ1v) is 14.6. The Labute approximate surface area is 241 Å². The van der Waals surface area contributed by atoms with E-state index in [4.69, 9.17) is 4.74 Å². The molecule has 4 aromatic rings. The number of para-hydroxylation sites is 1. The van der Waals surface area contributed by atoms with Gasteiger partial charge in [0.25, 0.3) is 5.91 Å². The van der Waals surface area contributed by atoms with Crippen LogP contribution in [-0.4, -0.2) is 39.9 Å². The maximum absolute atomic E-state index is 13.9. The highest BCUT2D eigenvalue weighted by Crippen LogP contribution is 2.47. The van der Waals surface area contributed by atoms with Crippen LogP contribution in [0.4, 0.5) is 21.9 Å². The average Bonchev–Trinajstić information content (AvgIpc) is 3.36. The van der Waals surface area contributed by atoms with Crippen molar-refractivity contribution >= 4 is 56.5 Å². The van der Waals surface area contributed by atoms with Gasteiger partial charge in [-0.25, -0.2) is 14.8 Å². The van der Waals surface area contributed by atoms with Crippen LogP contribution in [0.2, 0.25) is 0 Å². The summed E-state index contributed by atoms with van der Waals surface area (Å²) in [6, 6.07) is 13.8. The highest BCUT2D eigenvalue weighted by Gasteiger charge is 2.36. The van der Waals surface area contributed by atoms with Gasteiger partial charge in [0, 0.05) is 30.8 Å². The lowest BCUT2D eigenvalue weighted by Gasteiger charge is -2.33. The smallest absolute Gasteiger partial charge is 0.331 e. The van der Waals surface area contributed by atoms with Crippen LogP contribution in [0, 0.1) is 6.92 Å². The third kappa shape index (κ3) is 5.20. The number of nitrogens with zero attached hydrogens (tertiary/aromatic N) is 3. The fourth-order valence-electron chi connectivity index (χ4n) is 5.43. The fraction of sp³-hybridized carbons (Fsp3) is 0.300. The number of rotatable bonds is 7. The van der Waals surface area contributed by atoms with Crippen LogP contribution in [0.15, 0.2) is 54.7 Å². The van der Waals surface area contributed by atoms with Crippen LogP contribution >= 0.6 is 11.3 Å². The average molecular weight is 571 g/mol. The van der Waals surface area contributed by atoms with Gasteiger partial charge in [-0.15, -0.1) is 11.3 Å². The van der Waals surface area contributed by atoms with Gasteiger partial charge >= 0.3 is 6.03 Å². The Hall–Kier alpha value is -4.51. The van der Waals surface area contributed by atoms with Gasteiger partial charge in [0.05, 0.1) is 28.1 Å². The van der Waals surface area contributed by atoms with Gasteiger partial charge in [0.1, 0.15) is 15.5 Å². The van der Waals surface area contributed by atoms with E-state index in [0.717, 1.165) is 25.7 Å². The molecule has 4 amide bonds. The quantitative estimate of drug-likeness (QED) is 0.249. The summed E-state index contributed by atoms with van der Waals surface area (Å²) in [7, 11) is 0. The summed E-state index contributed by atoms with van der Waals surface area (Å²) in [6.45, 7) is 3.61. The first-order chi connectivity index (χ1) is 19.9. The molecular formula is C30H30N6O4S. The van der Waals surface area contributed by atoms with Crippen LogP contribution in [0.3, 0.4) is 0 Å². The van der Waals surface area contributed by atoms with Crippen molar-refractivity contribution in [1.29, 1.82) is 0 Å². The molecule has 41 heavy (non-hydrogen) atoms. The molecule has 0 bridgehead atoms. The maximum Gasteiger partial charge on any atom is 0.331 e. The molecule has 11 heteroatoms. The van der Waals surface area contributed by atoms with Crippen molar-refractivity contribution in [2.75, 3.05) is 10.2 Å². The molecule has 1 saturated carbocycles. The largest absolute Gasteiger partial charge is 0.439 e. The number of benzene rings is 1. The highest BCUT2D eigenvalue weighted by atomic mass is 32.1. The predicted octanol–water partition coefficient (Wildman–Crippen LogP) is 6.04. The lowest BCUT2D eigenvalue weighted by atomic mass is 9.90. The molecule has 1 aliphatic carbocycles. The first kappa shape index (κ1) is 26.7. The summed E-state index contributed by atoms with van der Waals surface area (Å²) in [6.07, 6.45) is 5.53. The van der Waals surface area contributed by atoms with E-state index >= 15 is 0 Å². The van der Waals surface area contributed by atoms with E-state index in [0.29, 0.717) is 55.9 Å². The summed E-state index contributed by atoms with van der Waals surface area (Å²) in [4.78, 5) is 51.2. The van der Waals surface area contributed by atoms with Crippen LogP contribution in [-0.2, 0) is 4.79 Å². The molecule has 2 aliphatic rings. The zero-order chi connectivity index (χ0) is 28.5. The molecule has 210 valence electrons. The monoisotopic (exact) mass is 570 g/mol. The van der Waals surface area contributed by atoms with Gasteiger partial charge < -0.3 is 20.7 Å². The Bertz CT molecular complexity index is 1640.